The van der Waals surface area contributed by atoms with E-state index in [1.165, 1.54) is 19.3 Å². The standard InChI is InChI=1S/C21H28N4O/c1-15-11-16(2)23-19(18(15)12-22)25-10-8-21(14-25)7-4-9-24(20(21)26)13-17-5-3-6-17/h11,17H,3-10,13-14H2,1-2H3/t21-/m1/s1. The first-order valence-corrected chi connectivity index (χ1v) is 9.95. The lowest BCUT2D eigenvalue weighted by atomic mass is 9.77. The largest absolute Gasteiger partial charge is 0.354 e. The van der Waals surface area contributed by atoms with Crippen LogP contribution in [0.15, 0.2) is 6.07 Å². The first-order chi connectivity index (χ1) is 12.5. The molecule has 2 saturated heterocycles. The van der Waals surface area contributed by atoms with E-state index in [1.54, 1.807) is 0 Å². The first kappa shape index (κ1) is 17.3. The Balaban J connectivity index is 1.56. The van der Waals surface area contributed by atoms with Gasteiger partial charge in [-0.15, -0.1) is 0 Å². The van der Waals surface area contributed by atoms with Crippen LogP contribution in [0.25, 0.3) is 0 Å². The van der Waals surface area contributed by atoms with Crippen LogP contribution in [0.3, 0.4) is 0 Å². The van der Waals surface area contributed by atoms with E-state index < -0.39 is 0 Å². The number of nitriles is 1. The van der Waals surface area contributed by atoms with Gasteiger partial charge in [0.05, 0.1) is 11.0 Å². The van der Waals surface area contributed by atoms with Gasteiger partial charge in [-0.25, -0.2) is 4.98 Å². The summed E-state index contributed by atoms with van der Waals surface area (Å²) in [6.45, 7) is 7.32. The Bertz CT molecular complexity index is 764. The summed E-state index contributed by atoms with van der Waals surface area (Å²) in [5.74, 6) is 1.84. The molecule has 5 nitrogen and oxygen atoms in total. The van der Waals surface area contributed by atoms with Crippen LogP contribution in [-0.2, 0) is 4.79 Å². The highest BCUT2D eigenvalue weighted by Crippen LogP contribution is 2.43. The third-order valence-corrected chi connectivity index (χ3v) is 6.62. The maximum absolute atomic E-state index is 13.3. The van der Waals surface area contributed by atoms with Gasteiger partial charge in [0.2, 0.25) is 5.91 Å². The van der Waals surface area contributed by atoms with Crippen LogP contribution in [-0.4, -0.2) is 42.0 Å². The lowest BCUT2D eigenvalue weighted by Gasteiger charge is -2.42. The van der Waals surface area contributed by atoms with Gasteiger partial charge in [-0.3, -0.25) is 4.79 Å². The summed E-state index contributed by atoms with van der Waals surface area (Å²) in [4.78, 5) is 22.3. The fourth-order valence-corrected chi connectivity index (χ4v) is 4.93. The number of amides is 1. The number of anilines is 1. The molecule has 5 heteroatoms. The normalized spacial score (nSPS) is 26.3. The number of pyridine rings is 1. The number of likely N-dealkylation sites (tertiary alicyclic amines) is 1. The maximum Gasteiger partial charge on any atom is 0.230 e. The van der Waals surface area contributed by atoms with Gasteiger partial charge in [0, 0.05) is 31.9 Å². The second-order valence-electron chi connectivity index (χ2n) is 8.49. The SMILES string of the molecule is Cc1cc(C)c(C#N)c(N2CC[C@]3(CCCN(CC4CCC4)C3=O)C2)n1. The highest BCUT2D eigenvalue weighted by atomic mass is 16.2. The Morgan fingerprint density at radius 2 is 2.08 bits per heavy atom. The zero-order chi connectivity index (χ0) is 18.3. The van der Waals surface area contributed by atoms with Gasteiger partial charge < -0.3 is 9.80 Å². The van der Waals surface area contributed by atoms with Crippen molar-refractivity contribution in [1.29, 1.82) is 5.26 Å². The molecule has 2 aliphatic heterocycles. The van der Waals surface area contributed by atoms with Crippen molar-refractivity contribution in [3.8, 4) is 6.07 Å². The van der Waals surface area contributed by atoms with Crippen LogP contribution in [0.5, 0.6) is 0 Å². The van der Waals surface area contributed by atoms with Crippen molar-refractivity contribution in [2.45, 2.75) is 52.4 Å². The van der Waals surface area contributed by atoms with Crippen molar-refractivity contribution >= 4 is 11.7 Å². The van der Waals surface area contributed by atoms with Crippen LogP contribution in [0.4, 0.5) is 5.82 Å². The van der Waals surface area contributed by atoms with Crippen LogP contribution in [0.1, 0.15) is 55.3 Å². The Morgan fingerprint density at radius 1 is 1.27 bits per heavy atom. The Kier molecular flexibility index (Phi) is 4.38. The fraction of sp³-hybridized carbons (Fsp3) is 0.667. The van der Waals surface area contributed by atoms with Crippen LogP contribution < -0.4 is 4.90 Å². The molecule has 1 atom stereocenters. The summed E-state index contributed by atoms with van der Waals surface area (Å²) in [5.41, 5.74) is 2.28. The van der Waals surface area contributed by atoms with Crippen molar-refractivity contribution in [3.05, 3.63) is 22.9 Å². The molecule has 1 amide bonds. The number of rotatable bonds is 3. The van der Waals surface area contributed by atoms with Crippen molar-refractivity contribution in [3.63, 3.8) is 0 Å². The van der Waals surface area contributed by atoms with Gasteiger partial charge in [0.1, 0.15) is 11.9 Å². The molecule has 3 heterocycles. The zero-order valence-corrected chi connectivity index (χ0v) is 15.9. The molecule has 0 radical (unpaired) electrons. The van der Waals surface area contributed by atoms with Crippen LogP contribution in [0.2, 0.25) is 0 Å². The van der Waals surface area contributed by atoms with E-state index in [0.29, 0.717) is 18.0 Å². The molecule has 3 fully saturated rings. The van der Waals surface area contributed by atoms with Gasteiger partial charge >= 0.3 is 0 Å². The smallest absolute Gasteiger partial charge is 0.230 e. The minimum Gasteiger partial charge on any atom is -0.354 e. The number of nitrogens with zero attached hydrogens (tertiary/aromatic N) is 4. The molecule has 26 heavy (non-hydrogen) atoms. The van der Waals surface area contributed by atoms with Gasteiger partial charge in [0.25, 0.3) is 0 Å². The predicted octanol–water partition coefficient (Wildman–Crippen LogP) is 3.19. The molecule has 138 valence electrons. The number of carbonyl (C=O) groups is 1. The molecule has 1 aromatic heterocycles. The summed E-state index contributed by atoms with van der Waals surface area (Å²) < 4.78 is 0. The lowest BCUT2D eigenvalue weighted by molar-refractivity contribution is -0.146. The fourth-order valence-electron chi connectivity index (χ4n) is 4.93. The average Bonchev–Trinajstić information content (AvgIpc) is 2.99. The molecule has 1 saturated carbocycles. The number of carbonyl (C=O) groups excluding carboxylic acids is 1. The predicted molar refractivity (Wildman–Crippen MR) is 101 cm³/mol. The van der Waals surface area contributed by atoms with Crippen LogP contribution >= 0.6 is 0 Å². The maximum atomic E-state index is 13.3. The molecule has 1 aliphatic carbocycles. The Hall–Kier alpha value is -2.09. The highest BCUT2D eigenvalue weighted by Gasteiger charge is 2.49. The van der Waals surface area contributed by atoms with E-state index in [1.807, 2.05) is 19.9 Å². The Morgan fingerprint density at radius 3 is 2.77 bits per heavy atom. The molecule has 0 unspecified atom stereocenters. The number of hydrogen-bond acceptors (Lipinski definition) is 4. The molecule has 3 aliphatic rings. The van der Waals surface area contributed by atoms with E-state index in [4.69, 9.17) is 0 Å². The number of piperidine rings is 1. The molecule has 0 N–H and O–H groups in total. The van der Waals surface area contributed by atoms with Crippen molar-refractivity contribution in [1.82, 2.24) is 9.88 Å². The molecular weight excluding hydrogens is 324 g/mol. The minimum absolute atomic E-state index is 0.270. The van der Waals surface area contributed by atoms with E-state index >= 15 is 0 Å². The molecule has 4 rings (SSSR count). The van der Waals surface area contributed by atoms with Crippen molar-refractivity contribution < 1.29 is 4.79 Å². The summed E-state index contributed by atoms with van der Waals surface area (Å²) in [5, 5.41) is 9.59. The van der Waals surface area contributed by atoms with Gasteiger partial charge in [-0.05, 0) is 63.5 Å². The third-order valence-electron chi connectivity index (χ3n) is 6.62. The van der Waals surface area contributed by atoms with E-state index in [9.17, 15) is 10.1 Å². The zero-order valence-electron chi connectivity index (χ0n) is 15.9. The van der Waals surface area contributed by atoms with E-state index in [0.717, 1.165) is 61.9 Å². The monoisotopic (exact) mass is 352 g/mol. The van der Waals surface area contributed by atoms with Crippen molar-refractivity contribution in [2.24, 2.45) is 11.3 Å². The Labute approximate surface area is 156 Å². The van der Waals surface area contributed by atoms with Gasteiger partial charge in [-0.1, -0.05) is 6.42 Å². The van der Waals surface area contributed by atoms with Crippen LogP contribution in [0, 0.1) is 36.5 Å². The summed E-state index contributed by atoms with van der Waals surface area (Å²) in [6.07, 6.45) is 6.82. The van der Waals surface area contributed by atoms with Gasteiger partial charge in [0.15, 0.2) is 0 Å². The van der Waals surface area contributed by atoms with E-state index in [-0.39, 0.29) is 5.41 Å². The number of aromatic nitrogens is 1. The number of aryl methyl sites for hydroxylation is 2. The molecule has 0 bridgehead atoms. The minimum atomic E-state index is -0.270. The second-order valence-corrected chi connectivity index (χ2v) is 8.49. The molecule has 1 spiro atoms. The molecule has 0 aromatic carbocycles. The molecule has 1 aromatic rings. The van der Waals surface area contributed by atoms with Crippen molar-refractivity contribution in [2.75, 3.05) is 31.1 Å². The summed E-state index contributed by atoms with van der Waals surface area (Å²) >= 11 is 0. The second kappa shape index (κ2) is 6.57. The highest BCUT2D eigenvalue weighted by molar-refractivity contribution is 5.85. The third kappa shape index (κ3) is 2.86. The van der Waals surface area contributed by atoms with E-state index in [2.05, 4.69) is 20.9 Å². The first-order valence-electron chi connectivity index (χ1n) is 9.95. The topological polar surface area (TPSA) is 60.2 Å². The van der Waals surface area contributed by atoms with Gasteiger partial charge in [-0.2, -0.15) is 5.26 Å². The average molecular weight is 352 g/mol. The molecular formula is C21H28N4O. The quantitative estimate of drug-likeness (QED) is 0.838. The lowest BCUT2D eigenvalue weighted by Crippen LogP contribution is -2.51. The summed E-state index contributed by atoms with van der Waals surface area (Å²) in [6, 6.07) is 4.28. The number of hydrogen-bond donors (Lipinski definition) is 0. The summed E-state index contributed by atoms with van der Waals surface area (Å²) in [7, 11) is 0.